The molecule has 0 aliphatic carbocycles. The first-order valence-electron chi connectivity index (χ1n) is 7.24. The van der Waals surface area contributed by atoms with E-state index in [0.717, 1.165) is 23.7 Å². The first kappa shape index (κ1) is 13.8. The van der Waals surface area contributed by atoms with Gasteiger partial charge < -0.3 is 0 Å². The topological polar surface area (TPSA) is 41.6 Å². The molecule has 0 bridgehead atoms. The molecule has 0 radical (unpaired) electrons. The summed E-state index contributed by atoms with van der Waals surface area (Å²) in [5.41, 5.74) is 3.33. The quantitative estimate of drug-likeness (QED) is 0.806. The van der Waals surface area contributed by atoms with Crippen molar-refractivity contribution in [3.8, 4) is 11.4 Å². The number of nitrogens with one attached hydrogen (secondary N) is 1. The third kappa shape index (κ3) is 4.19. The van der Waals surface area contributed by atoms with Gasteiger partial charge in [0.2, 0.25) is 0 Å². The Balaban J connectivity index is 1.89. The Hall–Kier alpha value is -1.64. The molecule has 0 fully saturated rings. The number of aromatic amines is 1. The Morgan fingerprint density at radius 1 is 1.21 bits per heavy atom. The molecule has 102 valence electrons. The Morgan fingerprint density at radius 2 is 2.11 bits per heavy atom. The maximum absolute atomic E-state index is 4.38. The molecule has 0 amide bonds. The van der Waals surface area contributed by atoms with Gasteiger partial charge in [-0.2, -0.15) is 5.10 Å². The van der Waals surface area contributed by atoms with Crippen LogP contribution < -0.4 is 0 Å². The van der Waals surface area contributed by atoms with E-state index in [9.17, 15) is 0 Å². The molecule has 3 heteroatoms. The standard InChI is InChI=1S/C16H23N3/c1-3-5-13(2)6-4-7-14-8-10-17-16(12-14)15-9-11-18-19-15/h8-13H,3-7H2,1-2H3,(H,18,19). The Bertz CT molecular complexity index is 476. The van der Waals surface area contributed by atoms with Gasteiger partial charge in [0, 0.05) is 12.4 Å². The van der Waals surface area contributed by atoms with Crippen LogP contribution in [0.2, 0.25) is 0 Å². The molecule has 1 atom stereocenters. The first-order chi connectivity index (χ1) is 9.29. The zero-order valence-corrected chi connectivity index (χ0v) is 11.9. The molecular formula is C16H23N3. The minimum atomic E-state index is 0.846. The lowest BCUT2D eigenvalue weighted by atomic mass is 9.97. The van der Waals surface area contributed by atoms with Crippen molar-refractivity contribution in [1.82, 2.24) is 15.2 Å². The van der Waals surface area contributed by atoms with Crippen LogP contribution in [0.25, 0.3) is 11.4 Å². The van der Waals surface area contributed by atoms with Gasteiger partial charge in [-0.15, -0.1) is 0 Å². The molecule has 0 aromatic carbocycles. The van der Waals surface area contributed by atoms with Crippen LogP contribution in [0.1, 0.15) is 45.1 Å². The van der Waals surface area contributed by atoms with Crippen molar-refractivity contribution >= 4 is 0 Å². The van der Waals surface area contributed by atoms with Gasteiger partial charge in [-0.05, 0) is 42.5 Å². The normalized spacial score (nSPS) is 12.5. The maximum Gasteiger partial charge on any atom is 0.0883 e. The average Bonchev–Trinajstić information content (AvgIpc) is 2.93. The monoisotopic (exact) mass is 257 g/mol. The van der Waals surface area contributed by atoms with E-state index in [0.29, 0.717) is 0 Å². The summed E-state index contributed by atoms with van der Waals surface area (Å²) in [5.74, 6) is 0.846. The van der Waals surface area contributed by atoms with Crippen LogP contribution in [0.3, 0.4) is 0 Å². The Morgan fingerprint density at radius 3 is 2.84 bits per heavy atom. The molecule has 0 spiro atoms. The Kier molecular flexibility index (Phi) is 5.13. The number of aromatic nitrogens is 3. The second-order valence-electron chi connectivity index (χ2n) is 5.31. The molecule has 1 unspecified atom stereocenters. The lowest BCUT2D eigenvalue weighted by Gasteiger charge is -2.09. The molecule has 1 N–H and O–H groups in total. The van der Waals surface area contributed by atoms with Crippen molar-refractivity contribution in [2.45, 2.75) is 46.0 Å². The van der Waals surface area contributed by atoms with Gasteiger partial charge in [0.15, 0.2) is 0 Å². The number of aryl methyl sites for hydroxylation is 1. The van der Waals surface area contributed by atoms with Crippen LogP contribution in [0.5, 0.6) is 0 Å². The highest BCUT2D eigenvalue weighted by Crippen LogP contribution is 2.18. The summed E-state index contributed by atoms with van der Waals surface area (Å²) in [7, 11) is 0. The summed E-state index contributed by atoms with van der Waals surface area (Å²) in [6.45, 7) is 4.61. The van der Waals surface area contributed by atoms with Crippen molar-refractivity contribution in [2.24, 2.45) is 5.92 Å². The first-order valence-corrected chi connectivity index (χ1v) is 7.24. The van der Waals surface area contributed by atoms with Gasteiger partial charge >= 0.3 is 0 Å². The lowest BCUT2D eigenvalue weighted by molar-refractivity contribution is 0.469. The van der Waals surface area contributed by atoms with Crippen LogP contribution >= 0.6 is 0 Å². The van der Waals surface area contributed by atoms with E-state index >= 15 is 0 Å². The molecule has 0 saturated carbocycles. The summed E-state index contributed by atoms with van der Waals surface area (Å²) in [6, 6.07) is 6.23. The molecule has 2 heterocycles. The highest BCUT2D eigenvalue weighted by molar-refractivity contribution is 5.53. The molecule has 3 nitrogen and oxygen atoms in total. The fraction of sp³-hybridized carbons (Fsp3) is 0.500. The summed E-state index contributed by atoms with van der Waals surface area (Å²) < 4.78 is 0. The van der Waals surface area contributed by atoms with Crippen molar-refractivity contribution in [1.29, 1.82) is 0 Å². The van der Waals surface area contributed by atoms with E-state index in [1.54, 1.807) is 6.20 Å². The summed E-state index contributed by atoms with van der Waals surface area (Å²) >= 11 is 0. The predicted octanol–water partition coefficient (Wildman–Crippen LogP) is 4.23. The van der Waals surface area contributed by atoms with Crippen LogP contribution in [0.4, 0.5) is 0 Å². The average molecular weight is 257 g/mol. The number of H-pyrrole nitrogens is 1. The molecule has 2 rings (SSSR count). The lowest BCUT2D eigenvalue weighted by Crippen LogP contribution is -1.96. The van der Waals surface area contributed by atoms with Crippen LogP contribution in [0.15, 0.2) is 30.6 Å². The molecule has 19 heavy (non-hydrogen) atoms. The smallest absolute Gasteiger partial charge is 0.0883 e. The van der Waals surface area contributed by atoms with Gasteiger partial charge in [-0.3, -0.25) is 10.1 Å². The zero-order chi connectivity index (χ0) is 13.5. The van der Waals surface area contributed by atoms with Gasteiger partial charge in [0.25, 0.3) is 0 Å². The van der Waals surface area contributed by atoms with E-state index < -0.39 is 0 Å². The fourth-order valence-electron chi connectivity index (χ4n) is 2.47. The molecular weight excluding hydrogens is 234 g/mol. The predicted molar refractivity (Wildman–Crippen MR) is 78.8 cm³/mol. The van der Waals surface area contributed by atoms with E-state index in [1.165, 1.54) is 31.2 Å². The van der Waals surface area contributed by atoms with Crippen LogP contribution in [-0.4, -0.2) is 15.2 Å². The van der Waals surface area contributed by atoms with Crippen molar-refractivity contribution in [3.05, 3.63) is 36.2 Å². The molecule has 0 saturated heterocycles. The highest BCUT2D eigenvalue weighted by atomic mass is 15.1. The number of rotatable bonds is 7. The molecule has 0 aliphatic heterocycles. The highest BCUT2D eigenvalue weighted by Gasteiger charge is 2.04. The van der Waals surface area contributed by atoms with Crippen molar-refractivity contribution in [2.75, 3.05) is 0 Å². The molecule has 2 aromatic heterocycles. The van der Waals surface area contributed by atoms with Gasteiger partial charge in [-0.25, -0.2) is 0 Å². The summed E-state index contributed by atoms with van der Waals surface area (Å²) in [6.07, 6.45) is 9.99. The zero-order valence-electron chi connectivity index (χ0n) is 11.9. The fourth-order valence-corrected chi connectivity index (χ4v) is 2.47. The van der Waals surface area contributed by atoms with E-state index in [1.807, 2.05) is 12.3 Å². The number of hydrogen-bond donors (Lipinski definition) is 1. The summed E-state index contributed by atoms with van der Waals surface area (Å²) in [5, 5.41) is 6.93. The molecule has 2 aromatic rings. The number of pyridine rings is 1. The second kappa shape index (κ2) is 7.07. The minimum absolute atomic E-state index is 0.846. The largest absolute Gasteiger partial charge is 0.276 e. The number of nitrogens with zero attached hydrogens (tertiary/aromatic N) is 2. The van der Waals surface area contributed by atoms with E-state index in [4.69, 9.17) is 0 Å². The number of hydrogen-bond acceptors (Lipinski definition) is 2. The van der Waals surface area contributed by atoms with E-state index in [-0.39, 0.29) is 0 Å². The summed E-state index contributed by atoms with van der Waals surface area (Å²) in [4.78, 5) is 4.38. The van der Waals surface area contributed by atoms with Gasteiger partial charge in [-0.1, -0.05) is 33.1 Å². The minimum Gasteiger partial charge on any atom is -0.276 e. The van der Waals surface area contributed by atoms with Crippen LogP contribution in [0, 0.1) is 5.92 Å². The maximum atomic E-state index is 4.38. The van der Waals surface area contributed by atoms with Crippen LogP contribution in [-0.2, 0) is 6.42 Å². The van der Waals surface area contributed by atoms with Gasteiger partial charge in [0.05, 0.1) is 11.4 Å². The van der Waals surface area contributed by atoms with Gasteiger partial charge in [0.1, 0.15) is 0 Å². The Labute approximate surface area is 115 Å². The van der Waals surface area contributed by atoms with E-state index in [2.05, 4.69) is 41.2 Å². The third-order valence-corrected chi connectivity index (χ3v) is 3.54. The second-order valence-corrected chi connectivity index (χ2v) is 5.31. The SMILES string of the molecule is CCCC(C)CCCc1ccnc(-c2ccn[nH]2)c1. The molecule has 0 aliphatic rings. The van der Waals surface area contributed by atoms with Crippen molar-refractivity contribution in [3.63, 3.8) is 0 Å². The third-order valence-electron chi connectivity index (χ3n) is 3.54. The van der Waals surface area contributed by atoms with Crippen molar-refractivity contribution < 1.29 is 0 Å².